The van der Waals surface area contributed by atoms with E-state index < -0.39 is 0 Å². The minimum atomic E-state index is -0.353. The SMILES string of the molecule is COc1ccc(NC(=S)NNC(=O)COc2cccc(Br)c2)cc1. The van der Waals surface area contributed by atoms with Gasteiger partial charge in [0.1, 0.15) is 11.5 Å². The molecule has 0 saturated carbocycles. The summed E-state index contributed by atoms with van der Waals surface area (Å²) in [4.78, 5) is 11.7. The van der Waals surface area contributed by atoms with E-state index in [2.05, 4.69) is 32.1 Å². The molecule has 0 unspecified atom stereocenters. The standard InChI is InChI=1S/C16H16BrN3O3S/c1-22-13-7-5-12(6-8-13)18-16(24)20-19-15(21)10-23-14-4-2-3-11(17)9-14/h2-9H,10H2,1H3,(H,19,21)(H2,18,20,24). The smallest absolute Gasteiger partial charge is 0.276 e. The summed E-state index contributed by atoms with van der Waals surface area (Å²) in [6.45, 7) is -0.130. The van der Waals surface area contributed by atoms with E-state index in [9.17, 15) is 4.79 Å². The highest BCUT2D eigenvalue weighted by atomic mass is 79.9. The maximum Gasteiger partial charge on any atom is 0.276 e. The van der Waals surface area contributed by atoms with Crippen molar-refractivity contribution in [2.24, 2.45) is 0 Å². The van der Waals surface area contributed by atoms with E-state index in [0.29, 0.717) is 5.75 Å². The lowest BCUT2D eigenvalue weighted by Crippen LogP contribution is -2.45. The number of halogens is 1. The average Bonchev–Trinajstić information content (AvgIpc) is 2.59. The largest absolute Gasteiger partial charge is 0.497 e. The van der Waals surface area contributed by atoms with Crippen LogP contribution in [-0.2, 0) is 4.79 Å². The highest BCUT2D eigenvalue weighted by Crippen LogP contribution is 2.17. The number of carbonyl (C=O) groups is 1. The second-order valence-electron chi connectivity index (χ2n) is 4.60. The fourth-order valence-electron chi connectivity index (χ4n) is 1.70. The summed E-state index contributed by atoms with van der Waals surface area (Å²) >= 11 is 8.43. The van der Waals surface area contributed by atoms with E-state index in [1.807, 2.05) is 24.3 Å². The Hall–Kier alpha value is -2.32. The first-order valence-electron chi connectivity index (χ1n) is 6.95. The van der Waals surface area contributed by atoms with Crippen molar-refractivity contribution in [2.75, 3.05) is 19.0 Å². The van der Waals surface area contributed by atoms with Crippen LogP contribution in [0.15, 0.2) is 53.0 Å². The molecule has 0 radical (unpaired) electrons. The number of ether oxygens (including phenoxy) is 2. The van der Waals surface area contributed by atoms with Crippen LogP contribution >= 0.6 is 28.1 Å². The first-order valence-corrected chi connectivity index (χ1v) is 8.15. The molecule has 2 aromatic rings. The van der Waals surface area contributed by atoms with Gasteiger partial charge in [0.15, 0.2) is 11.7 Å². The van der Waals surface area contributed by atoms with Gasteiger partial charge < -0.3 is 14.8 Å². The number of hydrogen-bond acceptors (Lipinski definition) is 4. The molecule has 126 valence electrons. The molecular formula is C16H16BrN3O3S. The highest BCUT2D eigenvalue weighted by molar-refractivity contribution is 9.10. The molecule has 0 saturated heterocycles. The van der Waals surface area contributed by atoms with Gasteiger partial charge in [-0.25, -0.2) is 0 Å². The molecule has 24 heavy (non-hydrogen) atoms. The number of thiocarbonyl (C=S) groups is 1. The van der Waals surface area contributed by atoms with Gasteiger partial charge in [0, 0.05) is 10.2 Å². The van der Waals surface area contributed by atoms with E-state index in [-0.39, 0.29) is 17.6 Å². The van der Waals surface area contributed by atoms with Gasteiger partial charge in [-0.2, -0.15) is 0 Å². The second-order valence-corrected chi connectivity index (χ2v) is 5.93. The third-order valence-corrected chi connectivity index (χ3v) is 3.53. The summed E-state index contributed by atoms with van der Waals surface area (Å²) in [5.41, 5.74) is 5.83. The van der Waals surface area contributed by atoms with Crippen LogP contribution in [0.4, 0.5) is 5.69 Å². The monoisotopic (exact) mass is 409 g/mol. The van der Waals surface area contributed by atoms with E-state index in [1.165, 1.54) is 0 Å². The Bertz CT molecular complexity index is 710. The highest BCUT2D eigenvalue weighted by Gasteiger charge is 2.04. The minimum Gasteiger partial charge on any atom is -0.497 e. The maximum absolute atomic E-state index is 11.7. The molecule has 3 N–H and O–H groups in total. The molecule has 2 rings (SSSR count). The van der Waals surface area contributed by atoms with E-state index in [0.717, 1.165) is 15.9 Å². The molecular weight excluding hydrogens is 394 g/mol. The predicted molar refractivity (Wildman–Crippen MR) is 100 cm³/mol. The summed E-state index contributed by atoms with van der Waals surface area (Å²) in [7, 11) is 1.60. The maximum atomic E-state index is 11.7. The third-order valence-electron chi connectivity index (χ3n) is 2.83. The van der Waals surface area contributed by atoms with Gasteiger partial charge in [-0.05, 0) is 54.7 Å². The van der Waals surface area contributed by atoms with Gasteiger partial charge in [0.25, 0.3) is 5.91 Å². The van der Waals surface area contributed by atoms with Crippen LogP contribution in [0.3, 0.4) is 0 Å². The topological polar surface area (TPSA) is 71.6 Å². The summed E-state index contributed by atoms with van der Waals surface area (Å²) < 4.78 is 11.3. The van der Waals surface area contributed by atoms with E-state index >= 15 is 0 Å². The predicted octanol–water partition coefficient (Wildman–Crippen LogP) is 2.85. The first kappa shape index (κ1) is 18.0. The molecule has 0 bridgehead atoms. The van der Waals surface area contributed by atoms with Gasteiger partial charge >= 0.3 is 0 Å². The molecule has 0 spiro atoms. The lowest BCUT2D eigenvalue weighted by molar-refractivity contribution is -0.123. The number of methoxy groups -OCH3 is 1. The molecule has 6 nitrogen and oxygen atoms in total. The lowest BCUT2D eigenvalue weighted by Gasteiger charge is -2.12. The van der Waals surface area contributed by atoms with Gasteiger partial charge in [-0.1, -0.05) is 22.0 Å². The van der Waals surface area contributed by atoms with Crippen LogP contribution in [0.25, 0.3) is 0 Å². The van der Waals surface area contributed by atoms with Gasteiger partial charge in [0.05, 0.1) is 7.11 Å². The summed E-state index contributed by atoms with van der Waals surface area (Å²) in [5, 5.41) is 3.19. The van der Waals surface area contributed by atoms with Crippen molar-refractivity contribution >= 4 is 44.9 Å². The molecule has 0 fully saturated rings. The van der Waals surface area contributed by atoms with Crippen molar-refractivity contribution in [3.63, 3.8) is 0 Å². The second kappa shape index (κ2) is 9.09. The Morgan fingerprint density at radius 3 is 2.54 bits per heavy atom. The van der Waals surface area contributed by atoms with Crippen LogP contribution in [-0.4, -0.2) is 24.7 Å². The number of rotatable bonds is 5. The normalized spacial score (nSPS) is 9.75. The van der Waals surface area contributed by atoms with Crippen LogP contribution in [0.2, 0.25) is 0 Å². The first-order chi connectivity index (χ1) is 11.6. The van der Waals surface area contributed by atoms with Crippen molar-refractivity contribution in [1.82, 2.24) is 10.9 Å². The van der Waals surface area contributed by atoms with Crippen LogP contribution in [0.5, 0.6) is 11.5 Å². The summed E-state index contributed by atoms with van der Waals surface area (Å²) in [6.07, 6.45) is 0. The van der Waals surface area contributed by atoms with Gasteiger partial charge in [-0.15, -0.1) is 0 Å². The number of hydrazine groups is 1. The quantitative estimate of drug-likeness (QED) is 0.520. The van der Waals surface area contributed by atoms with Crippen molar-refractivity contribution in [3.05, 3.63) is 53.0 Å². The lowest BCUT2D eigenvalue weighted by atomic mass is 10.3. The minimum absolute atomic E-state index is 0.130. The van der Waals surface area contributed by atoms with Crippen molar-refractivity contribution < 1.29 is 14.3 Å². The number of nitrogens with one attached hydrogen (secondary N) is 3. The zero-order valence-corrected chi connectivity index (χ0v) is 15.2. The number of carbonyl (C=O) groups excluding carboxylic acids is 1. The molecule has 8 heteroatoms. The molecule has 0 heterocycles. The van der Waals surface area contributed by atoms with E-state index in [1.54, 1.807) is 31.4 Å². The number of amides is 1. The zero-order chi connectivity index (χ0) is 17.4. The summed E-state index contributed by atoms with van der Waals surface area (Å²) in [5.74, 6) is 0.991. The fraction of sp³-hybridized carbons (Fsp3) is 0.125. The van der Waals surface area contributed by atoms with Crippen LogP contribution < -0.4 is 25.6 Å². The Labute approximate surface area is 153 Å². The number of anilines is 1. The molecule has 0 aromatic heterocycles. The molecule has 0 aliphatic rings. The van der Waals surface area contributed by atoms with Gasteiger partial charge in [0.2, 0.25) is 0 Å². The Morgan fingerprint density at radius 2 is 1.88 bits per heavy atom. The van der Waals surface area contributed by atoms with Crippen molar-refractivity contribution in [3.8, 4) is 11.5 Å². The van der Waals surface area contributed by atoms with Crippen LogP contribution in [0, 0.1) is 0 Å². The number of benzene rings is 2. The molecule has 0 atom stereocenters. The Balaban J connectivity index is 1.71. The van der Waals surface area contributed by atoms with Crippen molar-refractivity contribution in [1.29, 1.82) is 0 Å². The molecule has 2 aromatic carbocycles. The molecule has 0 aliphatic heterocycles. The van der Waals surface area contributed by atoms with Crippen molar-refractivity contribution in [2.45, 2.75) is 0 Å². The number of hydrogen-bond donors (Lipinski definition) is 3. The van der Waals surface area contributed by atoms with Crippen LogP contribution in [0.1, 0.15) is 0 Å². The average molecular weight is 410 g/mol. The molecule has 0 aliphatic carbocycles. The Morgan fingerprint density at radius 1 is 1.12 bits per heavy atom. The summed E-state index contributed by atoms with van der Waals surface area (Å²) in [6, 6.07) is 14.5. The zero-order valence-electron chi connectivity index (χ0n) is 12.8. The van der Waals surface area contributed by atoms with E-state index in [4.69, 9.17) is 21.7 Å². The molecule has 1 amide bonds. The van der Waals surface area contributed by atoms with Gasteiger partial charge in [-0.3, -0.25) is 15.6 Å². The fourth-order valence-corrected chi connectivity index (χ4v) is 2.25. The third kappa shape index (κ3) is 6.05. The Kier molecular flexibility index (Phi) is 6.83.